The molecule has 4 N–H and O–H groups in total. The Balaban J connectivity index is 0.00000324. The maximum atomic E-state index is 11.4. The molecule has 1 heterocycles. The van der Waals surface area contributed by atoms with E-state index >= 15 is 0 Å². The standard InChI is InChI=1S/C12H24N4O2.ClH/c1-9(2)8-18-12(17)15-11(14)16-5-3-4-10(6-13)7-16;/h9-10H,3-8,13H2,1-2H3,(H2,14,15,17);1H. The minimum atomic E-state index is -0.552. The average Bonchev–Trinajstić information content (AvgIpc) is 2.36. The van der Waals surface area contributed by atoms with Gasteiger partial charge in [-0.1, -0.05) is 13.8 Å². The van der Waals surface area contributed by atoms with E-state index in [0.29, 0.717) is 25.0 Å². The summed E-state index contributed by atoms with van der Waals surface area (Å²) in [4.78, 5) is 13.3. The molecular formula is C12H25ClN4O2. The first-order valence-electron chi connectivity index (χ1n) is 6.50. The monoisotopic (exact) mass is 292 g/mol. The van der Waals surface area contributed by atoms with Crippen molar-refractivity contribution in [3.8, 4) is 0 Å². The van der Waals surface area contributed by atoms with Crippen LogP contribution in [0.25, 0.3) is 0 Å². The number of carbonyl (C=O) groups excluding carboxylic acids is 1. The van der Waals surface area contributed by atoms with Gasteiger partial charge in [-0.3, -0.25) is 10.7 Å². The fourth-order valence-electron chi connectivity index (χ4n) is 1.91. The molecule has 1 amide bonds. The Labute approximate surface area is 121 Å². The first-order chi connectivity index (χ1) is 8.52. The first-order valence-corrected chi connectivity index (χ1v) is 6.50. The molecule has 1 atom stereocenters. The van der Waals surface area contributed by atoms with E-state index in [4.69, 9.17) is 15.9 Å². The smallest absolute Gasteiger partial charge is 0.413 e. The van der Waals surface area contributed by atoms with Crippen LogP contribution in [0.1, 0.15) is 26.7 Å². The maximum Gasteiger partial charge on any atom is 0.413 e. The van der Waals surface area contributed by atoms with Gasteiger partial charge < -0.3 is 15.4 Å². The fraction of sp³-hybridized carbons (Fsp3) is 0.833. The van der Waals surface area contributed by atoms with E-state index in [0.717, 1.165) is 25.9 Å². The van der Waals surface area contributed by atoms with E-state index in [-0.39, 0.29) is 18.4 Å². The highest BCUT2D eigenvalue weighted by atomic mass is 35.5. The van der Waals surface area contributed by atoms with Gasteiger partial charge >= 0.3 is 6.09 Å². The van der Waals surface area contributed by atoms with Crippen molar-refractivity contribution in [1.82, 2.24) is 10.2 Å². The summed E-state index contributed by atoms with van der Waals surface area (Å²) in [6.45, 7) is 6.45. The maximum absolute atomic E-state index is 11.4. The van der Waals surface area contributed by atoms with Crippen molar-refractivity contribution in [2.24, 2.45) is 17.6 Å². The van der Waals surface area contributed by atoms with Crippen LogP contribution in [0, 0.1) is 17.2 Å². The SMILES string of the molecule is CC(C)COC(=O)NC(=N)N1CCCC(CN)C1.Cl. The highest BCUT2D eigenvalue weighted by Crippen LogP contribution is 2.14. The lowest BCUT2D eigenvalue weighted by molar-refractivity contribution is 0.136. The number of hydrogen-bond donors (Lipinski definition) is 3. The number of nitrogens with one attached hydrogen (secondary N) is 2. The van der Waals surface area contributed by atoms with Crippen LogP contribution in [-0.2, 0) is 4.74 Å². The third kappa shape index (κ3) is 6.63. The molecule has 7 heteroatoms. The minimum Gasteiger partial charge on any atom is -0.449 e. The number of nitrogens with two attached hydrogens (primary N) is 1. The van der Waals surface area contributed by atoms with Gasteiger partial charge in [0.05, 0.1) is 6.61 Å². The summed E-state index contributed by atoms with van der Waals surface area (Å²) in [7, 11) is 0. The van der Waals surface area contributed by atoms with Gasteiger partial charge in [0.15, 0.2) is 0 Å². The minimum absolute atomic E-state index is 0. The van der Waals surface area contributed by atoms with E-state index < -0.39 is 6.09 Å². The summed E-state index contributed by atoms with van der Waals surface area (Å²) in [6.07, 6.45) is 1.55. The topological polar surface area (TPSA) is 91.4 Å². The molecule has 6 nitrogen and oxygen atoms in total. The molecule has 0 spiro atoms. The lowest BCUT2D eigenvalue weighted by Gasteiger charge is -2.33. The number of rotatable bonds is 3. The van der Waals surface area contributed by atoms with Gasteiger partial charge in [0.1, 0.15) is 0 Å². The second-order valence-electron chi connectivity index (χ2n) is 5.16. The molecule has 0 aromatic heterocycles. The molecule has 0 aromatic rings. The predicted octanol–water partition coefficient (Wildman–Crippen LogP) is 1.40. The van der Waals surface area contributed by atoms with Crippen molar-refractivity contribution in [1.29, 1.82) is 5.41 Å². The van der Waals surface area contributed by atoms with Gasteiger partial charge in [0.2, 0.25) is 5.96 Å². The molecule has 112 valence electrons. The molecule has 0 bridgehead atoms. The van der Waals surface area contributed by atoms with Crippen LogP contribution in [0.2, 0.25) is 0 Å². The number of carbonyl (C=O) groups is 1. The van der Waals surface area contributed by atoms with Crippen LogP contribution in [0.15, 0.2) is 0 Å². The Kier molecular flexibility index (Phi) is 8.51. The Morgan fingerprint density at radius 2 is 2.26 bits per heavy atom. The van der Waals surface area contributed by atoms with E-state index in [1.807, 2.05) is 18.7 Å². The second-order valence-corrected chi connectivity index (χ2v) is 5.16. The Hall–Kier alpha value is -1.01. The number of ether oxygens (including phenoxy) is 1. The summed E-state index contributed by atoms with van der Waals surface area (Å²) in [5, 5.41) is 10.3. The van der Waals surface area contributed by atoms with Crippen LogP contribution in [-0.4, -0.2) is 43.2 Å². The number of alkyl carbamates (subject to hydrolysis) is 1. The fourth-order valence-corrected chi connectivity index (χ4v) is 1.91. The third-order valence-corrected chi connectivity index (χ3v) is 2.94. The Bertz CT molecular complexity index is 299. The molecule has 1 fully saturated rings. The van der Waals surface area contributed by atoms with Crippen LogP contribution in [0.5, 0.6) is 0 Å². The van der Waals surface area contributed by atoms with Crippen molar-refractivity contribution in [3.63, 3.8) is 0 Å². The number of amides is 1. The number of halogens is 1. The molecule has 1 saturated heterocycles. The molecule has 1 aliphatic heterocycles. The highest BCUT2D eigenvalue weighted by molar-refractivity contribution is 5.92. The summed E-state index contributed by atoms with van der Waals surface area (Å²) < 4.78 is 4.98. The van der Waals surface area contributed by atoms with Crippen LogP contribution >= 0.6 is 12.4 Å². The van der Waals surface area contributed by atoms with Crippen molar-refractivity contribution in [2.45, 2.75) is 26.7 Å². The number of hydrogen-bond acceptors (Lipinski definition) is 4. The molecule has 0 aromatic carbocycles. The number of piperidine rings is 1. The molecule has 1 unspecified atom stereocenters. The Morgan fingerprint density at radius 3 is 2.84 bits per heavy atom. The largest absolute Gasteiger partial charge is 0.449 e. The number of nitrogens with zero attached hydrogens (tertiary/aromatic N) is 1. The first kappa shape index (κ1) is 18.0. The predicted molar refractivity (Wildman–Crippen MR) is 77.6 cm³/mol. The zero-order valence-electron chi connectivity index (χ0n) is 11.6. The van der Waals surface area contributed by atoms with E-state index in [9.17, 15) is 4.79 Å². The van der Waals surface area contributed by atoms with Crippen LogP contribution < -0.4 is 11.1 Å². The van der Waals surface area contributed by atoms with Crippen molar-refractivity contribution in [3.05, 3.63) is 0 Å². The summed E-state index contributed by atoms with van der Waals surface area (Å²) in [5.41, 5.74) is 5.64. The summed E-state index contributed by atoms with van der Waals surface area (Å²) in [6, 6.07) is 0. The van der Waals surface area contributed by atoms with Gasteiger partial charge in [0, 0.05) is 13.1 Å². The molecule has 19 heavy (non-hydrogen) atoms. The van der Waals surface area contributed by atoms with E-state index in [1.165, 1.54) is 0 Å². The Morgan fingerprint density at radius 1 is 1.58 bits per heavy atom. The number of likely N-dealkylation sites (tertiary alicyclic amines) is 1. The molecule has 1 aliphatic rings. The normalized spacial score (nSPS) is 18.7. The summed E-state index contributed by atoms with van der Waals surface area (Å²) >= 11 is 0. The summed E-state index contributed by atoms with van der Waals surface area (Å²) in [5.74, 6) is 0.816. The molecule has 0 saturated carbocycles. The zero-order chi connectivity index (χ0) is 13.5. The van der Waals surface area contributed by atoms with E-state index in [2.05, 4.69) is 5.32 Å². The molecular weight excluding hydrogens is 268 g/mol. The lowest BCUT2D eigenvalue weighted by atomic mass is 9.99. The van der Waals surface area contributed by atoms with Gasteiger partial charge in [-0.25, -0.2) is 4.79 Å². The van der Waals surface area contributed by atoms with E-state index in [1.54, 1.807) is 0 Å². The zero-order valence-corrected chi connectivity index (χ0v) is 12.5. The van der Waals surface area contributed by atoms with Gasteiger partial charge in [-0.05, 0) is 31.2 Å². The van der Waals surface area contributed by atoms with Gasteiger partial charge in [-0.15, -0.1) is 12.4 Å². The second kappa shape index (κ2) is 8.98. The van der Waals surface area contributed by atoms with Crippen LogP contribution in [0.4, 0.5) is 4.79 Å². The third-order valence-electron chi connectivity index (χ3n) is 2.94. The average molecular weight is 293 g/mol. The molecule has 0 aliphatic carbocycles. The van der Waals surface area contributed by atoms with Gasteiger partial charge in [0.25, 0.3) is 0 Å². The van der Waals surface area contributed by atoms with Crippen LogP contribution in [0.3, 0.4) is 0 Å². The van der Waals surface area contributed by atoms with Crippen molar-refractivity contribution < 1.29 is 9.53 Å². The highest BCUT2D eigenvalue weighted by Gasteiger charge is 2.22. The molecule has 1 rings (SSSR count). The molecule has 0 radical (unpaired) electrons. The van der Waals surface area contributed by atoms with Crippen molar-refractivity contribution >= 4 is 24.5 Å². The number of guanidine groups is 1. The van der Waals surface area contributed by atoms with Crippen molar-refractivity contribution in [2.75, 3.05) is 26.2 Å². The lowest BCUT2D eigenvalue weighted by Crippen LogP contribution is -2.49. The van der Waals surface area contributed by atoms with Gasteiger partial charge in [-0.2, -0.15) is 0 Å². The quantitative estimate of drug-likeness (QED) is 0.541.